The van der Waals surface area contributed by atoms with Gasteiger partial charge in [-0.2, -0.15) is 0 Å². The zero-order valence-corrected chi connectivity index (χ0v) is 20.2. The second-order valence-electron chi connectivity index (χ2n) is 9.99. The van der Waals surface area contributed by atoms with Gasteiger partial charge in [0.25, 0.3) is 5.91 Å². The van der Waals surface area contributed by atoms with E-state index in [1.54, 1.807) is 6.07 Å². The van der Waals surface area contributed by atoms with Crippen molar-refractivity contribution in [3.8, 4) is 0 Å². The summed E-state index contributed by atoms with van der Waals surface area (Å²) in [5.41, 5.74) is 9.63. The molecule has 2 fully saturated rings. The van der Waals surface area contributed by atoms with Crippen LogP contribution >= 0.6 is 0 Å². The number of hydrogen-bond donors (Lipinski definition) is 1. The standard InChI is InChI=1S/C29H33FN4O/c1-20(31)27-8-5-9-28(32-27)29(35)34-18-24(22-10-12-25(30)13-11-22)16-26(34)19-33-15-14-23(17-33)21-6-3-2-4-7-21/h2-13,20,23-24,26H,14-19,31H2,1H3/t20?,23?,24-,26-/m0/s1. The molecule has 2 aromatic carbocycles. The zero-order valence-electron chi connectivity index (χ0n) is 20.2. The Bertz CT molecular complexity index is 1150. The molecule has 2 saturated heterocycles. The smallest absolute Gasteiger partial charge is 0.272 e. The Morgan fingerprint density at radius 1 is 1.00 bits per heavy atom. The highest BCUT2D eigenvalue weighted by Crippen LogP contribution is 2.35. The normalized spacial score (nSPS) is 23.5. The van der Waals surface area contributed by atoms with Crippen LogP contribution in [0.25, 0.3) is 0 Å². The highest BCUT2D eigenvalue weighted by atomic mass is 19.1. The van der Waals surface area contributed by atoms with Crippen LogP contribution in [-0.2, 0) is 0 Å². The molecule has 2 unspecified atom stereocenters. The van der Waals surface area contributed by atoms with Crippen molar-refractivity contribution in [2.24, 2.45) is 5.73 Å². The Hall–Kier alpha value is -3.09. The average molecular weight is 473 g/mol. The second kappa shape index (κ2) is 10.3. The molecule has 5 rings (SSSR count). The molecule has 2 N–H and O–H groups in total. The summed E-state index contributed by atoms with van der Waals surface area (Å²) in [4.78, 5) is 22.7. The van der Waals surface area contributed by atoms with E-state index >= 15 is 0 Å². The molecule has 4 atom stereocenters. The van der Waals surface area contributed by atoms with Gasteiger partial charge in [0.1, 0.15) is 11.5 Å². The third-order valence-electron chi connectivity index (χ3n) is 7.49. The largest absolute Gasteiger partial charge is 0.332 e. The first-order valence-corrected chi connectivity index (χ1v) is 12.5. The van der Waals surface area contributed by atoms with Crippen LogP contribution < -0.4 is 5.73 Å². The van der Waals surface area contributed by atoms with Crippen LogP contribution in [-0.4, -0.2) is 52.9 Å². The predicted molar refractivity (Wildman–Crippen MR) is 136 cm³/mol. The lowest BCUT2D eigenvalue weighted by Crippen LogP contribution is -2.43. The summed E-state index contributed by atoms with van der Waals surface area (Å²) in [6.45, 7) is 5.34. The van der Waals surface area contributed by atoms with Gasteiger partial charge in [0.15, 0.2) is 0 Å². The number of nitrogens with two attached hydrogens (primary N) is 1. The van der Waals surface area contributed by atoms with Gasteiger partial charge in [-0.25, -0.2) is 9.37 Å². The quantitative estimate of drug-likeness (QED) is 0.564. The monoisotopic (exact) mass is 472 g/mol. The minimum Gasteiger partial charge on any atom is -0.332 e. The number of halogens is 1. The zero-order chi connectivity index (χ0) is 24.4. The van der Waals surface area contributed by atoms with E-state index < -0.39 is 0 Å². The molecular formula is C29H33FN4O. The summed E-state index contributed by atoms with van der Waals surface area (Å²) in [6.07, 6.45) is 1.99. The molecule has 0 radical (unpaired) electrons. The Morgan fingerprint density at radius 2 is 1.74 bits per heavy atom. The Morgan fingerprint density at radius 3 is 2.49 bits per heavy atom. The lowest BCUT2D eigenvalue weighted by Gasteiger charge is -2.28. The van der Waals surface area contributed by atoms with Gasteiger partial charge < -0.3 is 15.5 Å². The Kier molecular flexibility index (Phi) is 6.93. The van der Waals surface area contributed by atoms with Gasteiger partial charge in [-0.1, -0.05) is 48.5 Å². The minimum absolute atomic E-state index is 0.0547. The lowest BCUT2D eigenvalue weighted by molar-refractivity contribution is 0.0701. The van der Waals surface area contributed by atoms with E-state index in [0.717, 1.165) is 38.0 Å². The van der Waals surface area contributed by atoms with Crippen molar-refractivity contribution in [2.75, 3.05) is 26.2 Å². The molecule has 0 saturated carbocycles. The van der Waals surface area contributed by atoms with Gasteiger partial charge in [-0.3, -0.25) is 4.79 Å². The lowest BCUT2D eigenvalue weighted by atomic mass is 9.96. The van der Waals surface area contributed by atoms with Crippen LogP contribution in [0, 0.1) is 5.82 Å². The fourth-order valence-electron chi connectivity index (χ4n) is 5.58. The first kappa shape index (κ1) is 23.6. The van der Waals surface area contributed by atoms with Crippen molar-refractivity contribution in [3.63, 3.8) is 0 Å². The van der Waals surface area contributed by atoms with Gasteiger partial charge in [0.05, 0.1) is 5.69 Å². The van der Waals surface area contributed by atoms with Gasteiger partial charge >= 0.3 is 0 Å². The third kappa shape index (κ3) is 5.29. The molecule has 0 spiro atoms. The maximum Gasteiger partial charge on any atom is 0.272 e. The summed E-state index contributed by atoms with van der Waals surface area (Å²) in [6, 6.07) is 22.7. The molecule has 6 heteroatoms. The molecule has 0 bridgehead atoms. The van der Waals surface area contributed by atoms with Gasteiger partial charge in [0.2, 0.25) is 0 Å². The minimum atomic E-state index is -0.239. The molecule has 3 aromatic rings. The summed E-state index contributed by atoms with van der Waals surface area (Å²) in [7, 11) is 0. The summed E-state index contributed by atoms with van der Waals surface area (Å²) in [5, 5.41) is 0. The maximum absolute atomic E-state index is 13.7. The summed E-state index contributed by atoms with van der Waals surface area (Å²) in [5.74, 6) is 0.408. The van der Waals surface area contributed by atoms with E-state index in [0.29, 0.717) is 23.9 Å². The summed E-state index contributed by atoms with van der Waals surface area (Å²) >= 11 is 0. The van der Waals surface area contributed by atoms with Crippen LogP contribution in [0.2, 0.25) is 0 Å². The number of carbonyl (C=O) groups excluding carboxylic acids is 1. The summed E-state index contributed by atoms with van der Waals surface area (Å²) < 4.78 is 13.5. The fraction of sp³-hybridized carbons (Fsp3) is 0.379. The number of nitrogens with zero attached hydrogens (tertiary/aromatic N) is 3. The molecule has 2 aliphatic rings. The number of benzene rings is 2. The fourth-order valence-corrected chi connectivity index (χ4v) is 5.58. The Balaban J connectivity index is 1.35. The number of aromatic nitrogens is 1. The van der Waals surface area contributed by atoms with E-state index in [9.17, 15) is 9.18 Å². The number of amides is 1. The molecule has 35 heavy (non-hydrogen) atoms. The van der Waals surface area contributed by atoms with Crippen molar-refractivity contribution < 1.29 is 9.18 Å². The number of hydrogen-bond acceptors (Lipinski definition) is 4. The van der Waals surface area contributed by atoms with E-state index in [4.69, 9.17) is 5.73 Å². The van der Waals surface area contributed by atoms with Crippen LogP contribution in [0.3, 0.4) is 0 Å². The first-order chi connectivity index (χ1) is 17.0. The molecule has 2 aliphatic heterocycles. The molecule has 1 aromatic heterocycles. The van der Waals surface area contributed by atoms with E-state index in [1.807, 2.05) is 36.1 Å². The highest BCUT2D eigenvalue weighted by molar-refractivity contribution is 5.93. The number of pyridine rings is 1. The van der Waals surface area contributed by atoms with E-state index in [-0.39, 0.29) is 29.7 Å². The van der Waals surface area contributed by atoms with Crippen molar-refractivity contribution >= 4 is 5.91 Å². The van der Waals surface area contributed by atoms with Crippen LogP contribution in [0.15, 0.2) is 72.8 Å². The van der Waals surface area contributed by atoms with Crippen molar-refractivity contribution in [2.45, 2.75) is 43.7 Å². The van der Waals surface area contributed by atoms with Crippen LogP contribution in [0.5, 0.6) is 0 Å². The average Bonchev–Trinajstić information content (AvgIpc) is 3.52. The predicted octanol–water partition coefficient (Wildman–Crippen LogP) is 4.73. The molecule has 182 valence electrons. The molecule has 5 nitrogen and oxygen atoms in total. The molecular weight excluding hydrogens is 439 g/mol. The van der Waals surface area contributed by atoms with Crippen molar-refractivity contribution in [3.05, 3.63) is 101 Å². The van der Waals surface area contributed by atoms with Crippen LogP contribution in [0.4, 0.5) is 4.39 Å². The molecule has 3 heterocycles. The van der Waals surface area contributed by atoms with Crippen LogP contribution in [0.1, 0.15) is 65.0 Å². The number of rotatable bonds is 6. The number of likely N-dealkylation sites (tertiary alicyclic amines) is 2. The van der Waals surface area contributed by atoms with E-state index in [1.165, 1.54) is 17.7 Å². The first-order valence-electron chi connectivity index (χ1n) is 12.5. The molecule has 1 amide bonds. The topological polar surface area (TPSA) is 62.5 Å². The maximum atomic E-state index is 13.7. The second-order valence-corrected chi connectivity index (χ2v) is 9.99. The van der Waals surface area contributed by atoms with Gasteiger partial charge in [-0.15, -0.1) is 0 Å². The van der Waals surface area contributed by atoms with Crippen molar-refractivity contribution in [1.29, 1.82) is 0 Å². The molecule has 0 aliphatic carbocycles. The highest BCUT2D eigenvalue weighted by Gasteiger charge is 2.39. The Labute approximate surface area is 206 Å². The third-order valence-corrected chi connectivity index (χ3v) is 7.49. The SMILES string of the molecule is CC(N)c1cccc(C(=O)N2C[C@@H](c3ccc(F)cc3)C[C@H]2CN2CCC(c3ccccc3)C2)n1. The van der Waals surface area contributed by atoms with Gasteiger partial charge in [-0.05, 0) is 67.6 Å². The number of carbonyl (C=O) groups is 1. The van der Waals surface area contributed by atoms with Crippen molar-refractivity contribution in [1.82, 2.24) is 14.8 Å². The van der Waals surface area contributed by atoms with Gasteiger partial charge in [0, 0.05) is 37.6 Å². The van der Waals surface area contributed by atoms with E-state index in [2.05, 4.69) is 40.2 Å².